The first-order valence-corrected chi connectivity index (χ1v) is 6.53. The van der Waals surface area contributed by atoms with Gasteiger partial charge in [-0.1, -0.05) is 20.8 Å². The van der Waals surface area contributed by atoms with Gasteiger partial charge in [-0.3, -0.25) is 0 Å². The van der Waals surface area contributed by atoms with Crippen molar-refractivity contribution in [1.82, 2.24) is 5.32 Å². The lowest BCUT2D eigenvalue weighted by atomic mass is 9.86. The van der Waals surface area contributed by atoms with Crippen molar-refractivity contribution in [3.8, 4) is 11.5 Å². The highest BCUT2D eigenvalue weighted by molar-refractivity contribution is 5.53. The van der Waals surface area contributed by atoms with Crippen molar-refractivity contribution in [2.24, 2.45) is 0 Å². The van der Waals surface area contributed by atoms with Gasteiger partial charge < -0.3 is 14.8 Å². The van der Waals surface area contributed by atoms with E-state index in [0.717, 1.165) is 24.5 Å². The van der Waals surface area contributed by atoms with Crippen LogP contribution in [0.4, 0.5) is 0 Å². The molecule has 2 rings (SSSR count). The second-order valence-electron chi connectivity index (χ2n) is 5.49. The smallest absolute Gasteiger partial charge is 0.161 e. The summed E-state index contributed by atoms with van der Waals surface area (Å²) >= 11 is 0. The predicted octanol–water partition coefficient (Wildman–Crippen LogP) is 3.04. The largest absolute Gasteiger partial charge is 0.493 e. The second-order valence-corrected chi connectivity index (χ2v) is 5.49. The van der Waals surface area contributed by atoms with Gasteiger partial charge in [-0.05, 0) is 41.6 Å². The molecular weight excluding hydrogens is 226 g/mol. The van der Waals surface area contributed by atoms with Crippen molar-refractivity contribution in [3.63, 3.8) is 0 Å². The Morgan fingerprint density at radius 2 is 1.83 bits per heavy atom. The average molecular weight is 249 g/mol. The molecule has 3 heteroatoms. The minimum absolute atomic E-state index is 0.182. The Balaban J connectivity index is 2.51. The average Bonchev–Trinajstić information content (AvgIpc) is 2.59. The van der Waals surface area contributed by atoms with Crippen LogP contribution < -0.4 is 14.8 Å². The standard InChI is InChI=1S/C15H23NO2/c1-6-16-12-9-15(2,3)11-8-14(18-5)13(17-4)7-10(11)12/h7-8,12,16H,6,9H2,1-5H3. The van der Waals surface area contributed by atoms with E-state index in [1.165, 1.54) is 11.1 Å². The molecule has 18 heavy (non-hydrogen) atoms. The quantitative estimate of drug-likeness (QED) is 0.889. The molecule has 0 aliphatic heterocycles. The van der Waals surface area contributed by atoms with Gasteiger partial charge >= 0.3 is 0 Å². The predicted molar refractivity (Wildman–Crippen MR) is 73.6 cm³/mol. The summed E-state index contributed by atoms with van der Waals surface area (Å²) < 4.78 is 10.8. The van der Waals surface area contributed by atoms with Gasteiger partial charge in [0.15, 0.2) is 11.5 Å². The number of hydrogen-bond donors (Lipinski definition) is 1. The van der Waals surface area contributed by atoms with Gasteiger partial charge in [0, 0.05) is 6.04 Å². The Kier molecular flexibility index (Phi) is 3.53. The van der Waals surface area contributed by atoms with Crippen LogP contribution in [-0.4, -0.2) is 20.8 Å². The van der Waals surface area contributed by atoms with Gasteiger partial charge in [0.05, 0.1) is 14.2 Å². The van der Waals surface area contributed by atoms with Crippen molar-refractivity contribution in [2.75, 3.05) is 20.8 Å². The number of methoxy groups -OCH3 is 2. The SMILES string of the molecule is CCNC1CC(C)(C)c2cc(OC)c(OC)cc21. The maximum absolute atomic E-state index is 5.40. The number of hydrogen-bond acceptors (Lipinski definition) is 3. The fourth-order valence-electron chi connectivity index (χ4n) is 2.93. The minimum Gasteiger partial charge on any atom is -0.493 e. The van der Waals surface area contributed by atoms with Crippen molar-refractivity contribution in [1.29, 1.82) is 0 Å². The van der Waals surface area contributed by atoms with Gasteiger partial charge in [-0.25, -0.2) is 0 Å². The summed E-state index contributed by atoms with van der Waals surface area (Å²) in [4.78, 5) is 0. The third-order valence-electron chi connectivity index (χ3n) is 3.83. The highest BCUT2D eigenvalue weighted by atomic mass is 16.5. The van der Waals surface area contributed by atoms with Crippen molar-refractivity contribution < 1.29 is 9.47 Å². The molecule has 100 valence electrons. The molecule has 0 aromatic heterocycles. The molecular formula is C15H23NO2. The lowest BCUT2D eigenvalue weighted by Gasteiger charge is -2.20. The summed E-state index contributed by atoms with van der Waals surface area (Å²) in [6.07, 6.45) is 1.12. The van der Waals surface area contributed by atoms with E-state index < -0.39 is 0 Å². The monoisotopic (exact) mass is 249 g/mol. The van der Waals surface area contributed by atoms with Crippen LogP contribution in [0, 0.1) is 0 Å². The molecule has 1 unspecified atom stereocenters. The first kappa shape index (κ1) is 13.2. The van der Waals surface area contributed by atoms with Crippen LogP contribution in [0.3, 0.4) is 0 Å². The number of rotatable bonds is 4. The number of benzene rings is 1. The summed E-state index contributed by atoms with van der Waals surface area (Å²) in [5.74, 6) is 1.64. The molecule has 0 heterocycles. The maximum atomic E-state index is 5.40. The van der Waals surface area contributed by atoms with Crippen LogP contribution in [-0.2, 0) is 5.41 Å². The molecule has 0 fully saturated rings. The van der Waals surface area contributed by atoms with Crippen molar-refractivity contribution in [2.45, 2.75) is 38.6 Å². The fourth-order valence-corrected chi connectivity index (χ4v) is 2.93. The molecule has 0 spiro atoms. The summed E-state index contributed by atoms with van der Waals surface area (Å²) in [5.41, 5.74) is 2.90. The Bertz CT molecular complexity index is 440. The zero-order chi connectivity index (χ0) is 13.3. The maximum Gasteiger partial charge on any atom is 0.161 e. The van der Waals surface area contributed by atoms with Crippen LogP contribution >= 0.6 is 0 Å². The molecule has 0 bridgehead atoms. The molecule has 0 saturated carbocycles. The molecule has 0 saturated heterocycles. The third-order valence-corrected chi connectivity index (χ3v) is 3.83. The summed E-state index contributed by atoms with van der Waals surface area (Å²) in [5, 5.41) is 3.55. The normalized spacial score (nSPS) is 20.6. The van der Waals surface area contributed by atoms with E-state index in [4.69, 9.17) is 9.47 Å². The molecule has 1 aliphatic rings. The van der Waals surface area contributed by atoms with Crippen LogP contribution in [0.1, 0.15) is 44.4 Å². The first-order chi connectivity index (χ1) is 8.53. The minimum atomic E-state index is 0.182. The highest BCUT2D eigenvalue weighted by Crippen LogP contribution is 2.48. The van der Waals surface area contributed by atoms with E-state index in [1.807, 2.05) is 0 Å². The van der Waals surface area contributed by atoms with Crippen molar-refractivity contribution >= 4 is 0 Å². The Morgan fingerprint density at radius 1 is 1.22 bits per heavy atom. The van der Waals surface area contributed by atoms with E-state index in [1.54, 1.807) is 14.2 Å². The zero-order valence-electron chi connectivity index (χ0n) is 12.0. The van der Waals surface area contributed by atoms with Crippen LogP contribution in [0.5, 0.6) is 11.5 Å². The van der Waals surface area contributed by atoms with Crippen LogP contribution in [0.15, 0.2) is 12.1 Å². The number of fused-ring (bicyclic) bond motifs is 1. The highest BCUT2D eigenvalue weighted by Gasteiger charge is 2.37. The van der Waals surface area contributed by atoms with Gasteiger partial charge in [-0.15, -0.1) is 0 Å². The van der Waals surface area contributed by atoms with Gasteiger partial charge in [0.1, 0.15) is 0 Å². The van der Waals surface area contributed by atoms with Crippen LogP contribution in [0.25, 0.3) is 0 Å². The molecule has 3 nitrogen and oxygen atoms in total. The van der Waals surface area contributed by atoms with Crippen LogP contribution in [0.2, 0.25) is 0 Å². The summed E-state index contributed by atoms with van der Waals surface area (Å²) in [6, 6.07) is 4.67. The molecule has 0 amide bonds. The molecule has 1 N–H and O–H groups in total. The zero-order valence-corrected chi connectivity index (χ0v) is 12.0. The first-order valence-electron chi connectivity index (χ1n) is 6.53. The fraction of sp³-hybridized carbons (Fsp3) is 0.600. The molecule has 1 atom stereocenters. The van der Waals surface area contributed by atoms with Crippen molar-refractivity contribution in [3.05, 3.63) is 23.3 Å². The van der Waals surface area contributed by atoms with E-state index >= 15 is 0 Å². The molecule has 0 radical (unpaired) electrons. The Labute approximate surface area is 109 Å². The molecule has 1 aromatic carbocycles. The van der Waals surface area contributed by atoms with Gasteiger partial charge in [0.25, 0.3) is 0 Å². The van der Waals surface area contributed by atoms with E-state index in [-0.39, 0.29) is 5.41 Å². The van der Waals surface area contributed by atoms with E-state index in [0.29, 0.717) is 6.04 Å². The number of nitrogens with one attached hydrogen (secondary N) is 1. The molecule has 1 aromatic rings. The lowest BCUT2D eigenvalue weighted by molar-refractivity contribution is 0.353. The molecule has 1 aliphatic carbocycles. The topological polar surface area (TPSA) is 30.5 Å². The van der Waals surface area contributed by atoms with E-state index in [9.17, 15) is 0 Å². The summed E-state index contributed by atoms with van der Waals surface area (Å²) in [6.45, 7) is 7.70. The van der Waals surface area contributed by atoms with E-state index in [2.05, 4.69) is 38.2 Å². The third kappa shape index (κ3) is 2.07. The summed E-state index contributed by atoms with van der Waals surface area (Å²) in [7, 11) is 3.38. The Morgan fingerprint density at radius 3 is 2.39 bits per heavy atom. The lowest BCUT2D eigenvalue weighted by Crippen LogP contribution is -2.20. The van der Waals surface area contributed by atoms with Gasteiger partial charge in [0.2, 0.25) is 0 Å². The Hall–Kier alpha value is -1.22. The van der Waals surface area contributed by atoms with Gasteiger partial charge in [-0.2, -0.15) is 0 Å². The second kappa shape index (κ2) is 4.81. The number of ether oxygens (including phenoxy) is 2.